The van der Waals surface area contributed by atoms with Crippen molar-refractivity contribution in [1.29, 1.82) is 0 Å². The van der Waals surface area contributed by atoms with E-state index in [4.69, 9.17) is 0 Å². The number of rotatable bonds is 2. The quantitative estimate of drug-likeness (QED) is 0.607. The monoisotopic (exact) mass is 252 g/mol. The molecule has 0 radical (unpaired) electrons. The Morgan fingerprint density at radius 2 is 1.94 bits per heavy atom. The van der Waals surface area contributed by atoms with Crippen LogP contribution in [0.25, 0.3) is 0 Å². The number of aliphatic hydroxyl groups is 1. The third-order valence-corrected chi connectivity index (χ3v) is 5.28. The van der Waals surface area contributed by atoms with Gasteiger partial charge in [-0.25, -0.2) is 4.58 Å². The van der Waals surface area contributed by atoms with Gasteiger partial charge in [-0.1, -0.05) is 0 Å². The zero-order chi connectivity index (χ0) is 12.5. The lowest BCUT2D eigenvalue weighted by atomic mass is 9.73. The molecule has 4 heteroatoms. The van der Waals surface area contributed by atoms with E-state index in [2.05, 4.69) is 21.9 Å². The van der Waals surface area contributed by atoms with E-state index in [0.29, 0.717) is 24.0 Å². The van der Waals surface area contributed by atoms with Gasteiger partial charge in [-0.05, 0) is 37.6 Å². The molecule has 3 rings (SSSR count). The Bertz CT molecular complexity index is 320. The third-order valence-electron chi connectivity index (χ3n) is 5.28. The number of nitrogens with one attached hydrogen (secondary N) is 2. The molecule has 5 atom stereocenters. The predicted octanol–water partition coefficient (Wildman–Crippen LogP) is 0.0155. The van der Waals surface area contributed by atoms with E-state index in [1.54, 1.807) is 0 Å². The summed E-state index contributed by atoms with van der Waals surface area (Å²) in [4.78, 5) is 0. The average Bonchev–Trinajstić information content (AvgIpc) is 2.84. The van der Waals surface area contributed by atoms with E-state index < -0.39 is 0 Å². The largest absolute Gasteiger partial charge is 0.395 e. The van der Waals surface area contributed by atoms with Crippen molar-refractivity contribution in [3.8, 4) is 0 Å². The highest BCUT2D eigenvalue weighted by Gasteiger charge is 2.48. The molecule has 0 aromatic carbocycles. The lowest BCUT2D eigenvalue weighted by Gasteiger charge is -2.38. The number of nitrogens with zero attached hydrogens (tertiary/aromatic N) is 1. The minimum atomic E-state index is 0.284. The molecule has 3 aliphatic rings. The molecule has 0 bridgehead atoms. The Balaban J connectivity index is 1.73. The van der Waals surface area contributed by atoms with Crippen LogP contribution in [0.2, 0.25) is 0 Å². The van der Waals surface area contributed by atoms with Gasteiger partial charge in [0.15, 0.2) is 0 Å². The molecular weight excluding hydrogens is 226 g/mol. The van der Waals surface area contributed by atoms with Gasteiger partial charge in [0.25, 0.3) is 0 Å². The summed E-state index contributed by atoms with van der Waals surface area (Å²) in [6.45, 7) is 7.74. The van der Waals surface area contributed by atoms with Crippen LogP contribution in [0.5, 0.6) is 0 Å². The molecule has 5 unspecified atom stereocenters. The van der Waals surface area contributed by atoms with E-state index in [1.165, 1.54) is 25.7 Å². The molecule has 3 aliphatic heterocycles. The molecule has 3 heterocycles. The minimum Gasteiger partial charge on any atom is -0.395 e. The summed E-state index contributed by atoms with van der Waals surface area (Å²) >= 11 is 0. The van der Waals surface area contributed by atoms with Crippen LogP contribution in [0.15, 0.2) is 0 Å². The SMILES string of the molecule is C=[N+]1CCCC2C(C3CCCNC3CO)CNC21. The number of piperidine rings is 2. The van der Waals surface area contributed by atoms with Gasteiger partial charge in [0.2, 0.25) is 6.17 Å². The van der Waals surface area contributed by atoms with Crippen molar-refractivity contribution >= 4 is 6.72 Å². The molecular formula is C14H26N3O+. The summed E-state index contributed by atoms with van der Waals surface area (Å²) in [5.74, 6) is 2.08. The van der Waals surface area contributed by atoms with Crippen LogP contribution in [-0.4, -0.2) is 54.8 Å². The second-order valence-corrected chi connectivity index (χ2v) is 6.18. The lowest BCUT2D eigenvalue weighted by Crippen LogP contribution is -2.49. The number of hydrogen-bond acceptors (Lipinski definition) is 3. The van der Waals surface area contributed by atoms with Crippen molar-refractivity contribution < 1.29 is 9.68 Å². The molecule has 4 nitrogen and oxygen atoms in total. The van der Waals surface area contributed by atoms with Gasteiger partial charge in [0.1, 0.15) is 13.3 Å². The van der Waals surface area contributed by atoms with Gasteiger partial charge >= 0.3 is 0 Å². The molecule has 3 N–H and O–H groups in total. The number of aliphatic hydroxyl groups excluding tert-OH is 1. The second-order valence-electron chi connectivity index (χ2n) is 6.18. The fraction of sp³-hybridized carbons (Fsp3) is 0.929. The average molecular weight is 252 g/mol. The molecule has 0 saturated carbocycles. The first-order chi connectivity index (χ1) is 8.81. The zero-order valence-electron chi connectivity index (χ0n) is 11.1. The van der Waals surface area contributed by atoms with Gasteiger partial charge < -0.3 is 10.4 Å². The molecule has 102 valence electrons. The summed E-state index contributed by atoms with van der Waals surface area (Å²) in [5.41, 5.74) is 0. The van der Waals surface area contributed by atoms with Crippen LogP contribution in [0.1, 0.15) is 25.7 Å². The predicted molar refractivity (Wildman–Crippen MR) is 71.9 cm³/mol. The Hall–Kier alpha value is -0.450. The Kier molecular flexibility index (Phi) is 3.68. The first kappa shape index (κ1) is 12.6. The highest BCUT2D eigenvalue weighted by Crippen LogP contribution is 2.39. The maximum Gasteiger partial charge on any atom is 0.209 e. The first-order valence-corrected chi connectivity index (χ1v) is 7.46. The highest BCUT2D eigenvalue weighted by atomic mass is 16.3. The van der Waals surface area contributed by atoms with Crippen LogP contribution in [0.4, 0.5) is 0 Å². The van der Waals surface area contributed by atoms with Crippen LogP contribution in [0.3, 0.4) is 0 Å². The van der Waals surface area contributed by atoms with Crippen molar-refractivity contribution in [3.05, 3.63) is 0 Å². The van der Waals surface area contributed by atoms with Crippen LogP contribution in [-0.2, 0) is 0 Å². The summed E-state index contributed by atoms with van der Waals surface area (Å²) in [6.07, 6.45) is 5.59. The van der Waals surface area contributed by atoms with Crippen LogP contribution in [0, 0.1) is 17.8 Å². The summed E-state index contributed by atoms with van der Waals surface area (Å²) < 4.78 is 2.23. The fourth-order valence-corrected chi connectivity index (χ4v) is 4.39. The van der Waals surface area contributed by atoms with E-state index in [0.717, 1.165) is 25.6 Å². The standard InChI is InChI=1S/C14H26N3O/c1-17-7-3-5-11-12(8-16-14(11)17)10-4-2-6-15-13(10)9-18/h10-16,18H,1-9H2/q+1. The Morgan fingerprint density at radius 1 is 1.11 bits per heavy atom. The molecule has 3 fully saturated rings. The topological polar surface area (TPSA) is 47.3 Å². The Morgan fingerprint density at radius 3 is 2.78 bits per heavy atom. The van der Waals surface area contributed by atoms with Crippen LogP contribution < -0.4 is 10.6 Å². The molecule has 18 heavy (non-hydrogen) atoms. The van der Waals surface area contributed by atoms with Crippen molar-refractivity contribution in [2.75, 3.05) is 26.2 Å². The van der Waals surface area contributed by atoms with Gasteiger partial charge in [-0.3, -0.25) is 5.32 Å². The van der Waals surface area contributed by atoms with E-state index >= 15 is 0 Å². The summed E-state index contributed by atoms with van der Waals surface area (Å²) in [6, 6.07) is 0.310. The molecule has 0 aromatic heterocycles. The van der Waals surface area contributed by atoms with Crippen molar-refractivity contribution in [3.63, 3.8) is 0 Å². The van der Waals surface area contributed by atoms with Gasteiger partial charge in [0, 0.05) is 24.9 Å². The normalized spacial score (nSPS) is 44.9. The zero-order valence-corrected chi connectivity index (χ0v) is 11.1. The van der Waals surface area contributed by atoms with Gasteiger partial charge in [-0.15, -0.1) is 0 Å². The molecule has 0 amide bonds. The number of fused-ring (bicyclic) bond motifs is 1. The summed E-state index contributed by atoms with van der Waals surface area (Å²) in [7, 11) is 0. The smallest absolute Gasteiger partial charge is 0.209 e. The summed E-state index contributed by atoms with van der Waals surface area (Å²) in [5, 5.41) is 16.7. The van der Waals surface area contributed by atoms with Crippen molar-refractivity contribution in [2.24, 2.45) is 17.8 Å². The van der Waals surface area contributed by atoms with Gasteiger partial charge in [-0.2, -0.15) is 0 Å². The first-order valence-electron chi connectivity index (χ1n) is 7.46. The molecule has 0 spiro atoms. The lowest BCUT2D eigenvalue weighted by molar-refractivity contribution is -0.581. The highest BCUT2D eigenvalue weighted by molar-refractivity contribution is 5.15. The third kappa shape index (κ3) is 2.10. The second kappa shape index (κ2) is 5.27. The molecule has 0 aliphatic carbocycles. The Labute approximate surface area is 109 Å². The van der Waals surface area contributed by atoms with E-state index in [9.17, 15) is 5.11 Å². The van der Waals surface area contributed by atoms with Crippen molar-refractivity contribution in [2.45, 2.75) is 37.9 Å². The number of hydrogen-bond donors (Lipinski definition) is 3. The fourth-order valence-electron chi connectivity index (χ4n) is 4.39. The van der Waals surface area contributed by atoms with Gasteiger partial charge in [0.05, 0.1) is 6.61 Å². The maximum atomic E-state index is 9.56. The van der Waals surface area contributed by atoms with E-state index in [1.807, 2.05) is 0 Å². The molecule has 3 saturated heterocycles. The minimum absolute atomic E-state index is 0.284. The van der Waals surface area contributed by atoms with Crippen molar-refractivity contribution in [1.82, 2.24) is 10.6 Å². The molecule has 0 aromatic rings. The maximum absolute atomic E-state index is 9.56. The van der Waals surface area contributed by atoms with E-state index in [-0.39, 0.29) is 6.61 Å². The van der Waals surface area contributed by atoms with Crippen LogP contribution >= 0.6 is 0 Å².